The second-order valence-corrected chi connectivity index (χ2v) is 15.9. The standard InChI is InChI=1S/C40H75N2O7P/c1-6-8-10-11-12-13-14-15-18-21-24-28-32-39(44)38(36-49-50(46,47)48-35-34-42(3,4)5)41-40(45)33-29-25-22-19-16-17-20-23-27-31-37(43)30-26-9-7-2/h9,20,23,26-28,31-32,37-39,43-44H,6-8,10-19,21-22,24-25,29-30,33-36H2,1-5H3,(H-,41,45,46,47)/p+1/b23-20+,26-9+,31-27+,32-28+/t37?,38-,39+/m0/s1. The molecule has 0 bridgehead atoms. The molecule has 10 heteroatoms. The number of quaternary nitrogens is 1. The first-order valence-corrected chi connectivity index (χ1v) is 21.1. The quantitative estimate of drug-likeness (QED) is 0.0171. The lowest BCUT2D eigenvalue weighted by atomic mass is 10.1. The maximum atomic E-state index is 12.8. The Bertz CT molecular complexity index is 977. The molecule has 0 aromatic rings. The number of phosphoric acid groups is 1. The Balaban J connectivity index is 4.60. The molecule has 0 fully saturated rings. The molecule has 0 saturated heterocycles. The molecule has 4 N–H and O–H groups in total. The zero-order chi connectivity index (χ0) is 37.4. The van der Waals surface area contributed by atoms with Gasteiger partial charge in [-0.05, 0) is 44.9 Å². The minimum atomic E-state index is -4.35. The van der Waals surface area contributed by atoms with Crippen LogP contribution < -0.4 is 5.32 Å². The molecule has 0 aliphatic heterocycles. The van der Waals surface area contributed by atoms with Gasteiger partial charge in [-0.1, -0.05) is 140 Å². The average Bonchev–Trinajstić information content (AvgIpc) is 3.05. The largest absolute Gasteiger partial charge is 0.472 e. The van der Waals surface area contributed by atoms with Gasteiger partial charge in [0, 0.05) is 6.42 Å². The lowest BCUT2D eigenvalue weighted by Gasteiger charge is -2.25. The van der Waals surface area contributed by atoms with Crippen molar-refractivity contribution in [2.75, 3.05) is 40.9 Å². The van der Waals surface area contributed by atoms with E-state index in [1.807, 2.05) is 45.4 Å². The van der Waals surface area contributed by atoms with Crippen LogP contribution in [0.15, 0.2) is 48.6 Å². The summed E-state index contributed by atoms with van der Waals surface area (Å²) in [5.74, 6) is -0.221. The van der Waals surface area contributed by atoms with Crippen LogP contribution in [0, 0.1) is 0 Å². The lowest BCUT2D eigenvalue weighted by molar-refractivity contribution is -0.870. The van der Waals surface area contributed by atoms with Crippen molar-refractivity contribution < 1.29 is 38.0 Å². The van der Waals surface area contributed by atoms with Crippen molar-refractivity contribution in [2.24, 2.45) is 0 Å². The van der Waals surface area contributed by atoms with E-state index in [-0.39, 0.29) is 19.1 Å². The number of rotatable bonds is 34. The van der Waals surface area contributed by atoms with Crippen LogP contribution in [0.2, 0.25) is 0 Å². The maximum Gasteiger partial charge on any atom is 0.472 e. The predicted molar refractivity (Wildman–Crippen MR) is 209 cm³/mol. The Kier molecular flexibility index (Phi) is 31.1. The highest BCUT2D eigenvalue weighted by Crippen LogP contribution is 2.43. The minimum absolute atomic E-state index is 0.0459. The van der Waals surface area contributed by atoms with Gasteiger partial charge in [-0.25, -0.2) is 4.57 Å². The fourth-order valence-electron chi connectivity index (χ4n) is 5.19. The number of hydrogen-bond donors (Lipinski definition) is 4. The Morgan fingerprint density at radius 1 is 0.740 bits per heavy atom. The summed E-state index contributed by atoms with van der Waals surface area (Å²) in [6.45, 7) is 4.54. The van der Waals surface area contributed by atoms with Crippen LogP contribution in [-0.4, -0.2) is 84.6 Å². The number of amides is 1. The van der Waals surface area contributed by atoms with Crippen LogP contribution in [0.3, 0.4) is 0 Å². The number of likely N-dealkylation sites (N-methyl/N-ethyl adjacent to an activating group) is 1. The molecule has 292 valence electrons. The molecule has 0 spiro atoms. The Labute approximate surface area is 306 Å². The van der Waals surface area contributed by atoms with Crippen molar-refractivity contribution in [1.29, 1.82) is 0 Å². The van der Waals surface area contributed by atoms with E-state index in [2.05, 4.69) is 31.3 Å². The summed E-state index contributed by atoms with van der Waals surface area (Å²) in [6, 6.07) is -0.872. The highest BCUT2D eigenvalue weighted by molar-refractivity contribution is 7.47. The van der Waals surface area contributed by atoms with Gasteiger partial charge >= 0.3 is 7.82 Å². The van der Waals surface area contributed by atoms with E-state index < -0.39 is 26.1 Å². The van der Waals surface area contributed by atoms with Gasteiger partial charge < -0.3 is 24.9 Å². The number of phosphoric ester groups is 1. The molecule has 0 aromatic carbocycles. The highest BCUT2D eigenvalue weighted by atomic mass is 31.2. The summed E-state index contributed by atoms with van der Waals surface area (Å²) < 4.78 is 23.4. The Morgan fingerprint density at radius 2 is 1.32 bits per heavy atom. The van der Waals surface area contributed by atoms with Crippen molar-refractivity contribution in [3.8, 4) is 0 Å². The second-order valence-electron chi connectivity index (χ2n) is 14.5. The van der Waals surface area contributed by atoms with E-state index in [0.717, 1.165) is 64.2 Å². The first-order chi connectivity index (χ1) is 23.9. The Hall–Kier alpha value is -1.58. The fourth-order valence-corrected chi connectivity index (χ4v) is 5.93. The third-order valence-electron chi connectivity index (χ3n) is 8.39. The van der Waals surface area contributed by atoms with E-state index >= 15 is 0 Å². The van der Waals surface area contributed by atoms with Crippen LogP contribution in [0.1, 0.15) is 142 Å². The number of nitrogens with one attached hydrogen (secondary N) is 1. The number of carbonyl (C=O) groups excluding carboxylic acids is 1. The summed E-state index contributed by atoms with van der Waals surface area (Å²) in [6.07, 6.45) is 35.0. The van der Waals surface area contributed by atoms with Gasteiger partial charge in [-0.2, -0.15) is 0 Å². The summed E-state index contributed by atoms with van der Waals surface area (Å²) >= 11 is 0. The van der Waals surface area contributed by atoms with Crippen molar-refractivity contribution >= 4 is 13.7 Å². The van der Waals surface area contributed by atoms with E-state index in [1.54, 1.807) is 12.2 Å². The van der Waals surface area contributed by atoms with Gasteiger partial charge in [0.25, 0.3) is 0 Å². The first-order valence-electron chi connectivity index (χ1n) is 19.6. The third kappa shape index (κ3) is 33.6. The van der Waals surface area contributed by atoms with Gasteiger partial charge in [-0.15, -0.1) is 0 Å². The monoisotopic (exact) mass is 728 g/mol. The molecule has 1 amide bonds. The molecule has 0 saturated carbocycles. The van der Waals surface area contributed by atoms with Gasteiger partial charge in [0.1, 0.15) is 13.2 Å². The molecule has 0 radical (unpaired) electrons. The number of aliphatic hydroxyl groups is 2. The normalized spacial score (nSPS) is 15.8. The van der Waals surface area contributed by atoms with Crippen molar-refractivity contribution in [1.82, 2.24) is 5.32 Å². The first kappa shape index (κ1) is 48.4. The summed E-state index contributed by atoms with van der Waals surface area (Å²) in [7, 11) is 1.51. The summed E-state index contributed by atoms with van der Waals surface area (Å²) in [5.41, 5.74) is 0. The molecule has 50 heavy (non-hydrogen) atoms. The van der Waals surface area contributed by atoms with Crippen LogP contribution in [0.25, 0.3) is 0 Å². The number of aliphatic hydroxyl groups excluding tert-OH is 2. The van der Waals surface area contributed by atoms with E-state index in [9.17, 15) is 24.5 Å². The average molecular weight is 728 g/mol. The van der Waals surface area contributed by atoms with Crippen molar-refractivity contribution in [3.05, 3.63) is 48.6 Å². The van der Waals surface area contributed by atoms with Gasteiger partial charge in [-0.3, -0.25) is 13.8 Å². The van der Waals surface area contributed by atoms with Gasteiger partial charge in [0.15, 0.2) is 0 Å². The second kappa shape index (κ2) is 32.1. The Morgan fingerprint density at radius 3 is 1.92 bits per heavy atom. The van der Waals surface area contributed by atoms with Crippen LogP contribution in [0.5, 0.6) is 0 Å². The number of hydrogen-bond acceptors (Lipinski definition) is 6. The fraction of sp³-hybridized carbons (Fsp3) is 0.775. The van der Waals surface area contributed by atoms with Crippen LogP contribution in [-0.2, 0) is 18.4 Å². The van der Waals surface area contributed by atoms with Gasteiger partial charge in [0.05, 0.1) is 46.0 Å². The molecular weight excluding hydrogens is 651 g/mol. The van der Waals surface area contributed by atoms with E-state index in [0.29, 0.717) is 23.9 Å². The minimum Gasteiger partial charge on any atom is -0.389 e. The van der Waals surface area contributed by atoms with E-state index in [1.165, 1.54) is 51.4 Å². The van der Waals surface area contributed by atoms with E-state index in [4.69, 9.17) is 9.05 Å². The molecule has 2 unspecified atom stereocenters. The highest BCUT2D eigenvalue weighted by Gasteiger charge is 2.27. The summed E-state index contributed by atoms with van der Waals surface area (Å²) in [5, 5.41) is 23.6. The number of carbonyl (C=O) groups is 1. The number of allylic oxidation sites excluding steroid dienone is 5. The van der Waals surface area contributed by atoms with Gasteiger partial charge in [0.2, 0.25) is 5.91 Å². The van der Waals surface area contributed by atoms with Crippen molar-refractivity contribution in [2.45, 2.75) is 161 Å². The molecule has 0 aromatic heterocycles. The number of unbranched alkanes of at least 4 members (excludes halogenated alkanes) is 15. The molecule has 9 nitrogen and oxygen atoms in total. The van der Waals surface area contributed by atoms with Crippen molar-refractivity contribution in [3.63, 3.8) is 0 Å². The summed E-state index contributed by atoms with van der Waals surface area (Å²) in [4.78, 5) is 23.0. The molecule has 0 aliphatic carbocycles. The molecule has 0 heterocycles. The number of nitrogens with zero attached hydrogens (tertiary/aromatic N) is 1. The molecule has 0 aliphatic rings. The zero-order valence-electron chi connectivity index (χ0n) is 32.5. The van der Waals surface area contributed by atoms with Crippen LogP contribution >= 0.6 is 7.82 Å². The maximum absolute atomic E-state index is 12.8. The topological polar surface area (TPSA) is 125 Å². The smallest absolute Gasteiger partial charge is 0.389 e. The molecule has 4 atom stereocenters. The molecular formula is C40H76N2O7P+. The molecule has 0 rings (SSSR count). The third-order valence-corrected chi connectivity index (χ3v) is 9.37. The zero-order valence-corrected chi connectivity index (χ0v) is 33.4. The van der Waals surface area contributed by atoms with Crippen LogP contribution in [0.4, 0.5) is 0 Å². The lowest BCUT2D eigenvalue weighted by Crippen LogP contribution is -2.45. The SMILES string of the molecule is CC/C=C/CC(O)/C=C/C=C/CCCCCCCC(=O)N[C@@H](COP(=O)(O)OCC[N+](C)(C)C)[C@H](O)/C=C/CCCCCCCCCCCC. The predicted octanol–water partition coefficient (Wildman–Crippen LogP) is 9.10.